The number of carbonyl (C=O) groups excluding carboxylic acids is 1. The molecule has 1 aromatic heterocycles. The average Bonchev–Trinajstić information content (AvgIpc) is 3.35. The van der Waals surface area contributed by atoms with Crippen LogP contribution >= 0.6 is 35.3 Å². The van der Waals surface area contributed by atoms with Gasteiger partial charge in [-0.1, -0.05) is 6.07 Å². The molecule has 152 valence electrons. The molecule has 2 unspecified atom stereocenters. The number of nitrogens with zero attached hydrogens (tertiary/aromatic N) is 2. The summed E-state index contributed by atoms with van der Waals surface area (Å²) in [5.41, 5.74) is 0. The van der Waals surface area contributed by atoms with Crippen LogP contribution < -0.4 is 10.6 Å². The van der Waals surface area contributed by atoms with Crippen molar-refractivity contribution in [3.05, 3.63) is 22.4 Å². The average molecular weight is 508 g/mol. The monoisotopic (exact) mass is 508 g/mol. The van der Waals surface area contributed by atoms with E-state index in [1.165, 1.54) is 4.88 Å². The number of carbonyl (C=O) groups is 1. The third-order valence-electron chi connectivity index (χ3n) is 4.78. The van der Waals surface area contributed by atoms with E-state index in [1.54, 1.807) is 30.3 Å². The number of hydrogen-bond acceptors (Lipinski definition) is 5. The van der Waals surface area contributed by atoms with Gasteiger partial charge in [0, 0.05) is 37.9 Å². The number of amides is 1. The molecule has 2 atom stereocenters. The summed E-state index contributed by atoms with van der Waals surface area (Å²) in [4.78, 5) is 19.2. The lowest BCUT2D eigenvalue weighted by Crippen LogP contribution is -2.45. The van der Waals surface area contributed by atoms with E-state index in [1.807, 2.05) is 6.07 Å². The van der Waals surface area contributed by atoms with Gasteiger partial charge in [-0.3, -0.25) is 4.79 Å². The molecule has 2 N–H and O–H groups in total. The summed E-state index contributed by atoms with van der Waals surface area (Å²) in [7, 11) is 3.48. The third kappa shape index (κ3) is 6.03. The fourth-order valence-corrected chi connectivity index (χ4v) is 4.02. The van der Waals surface area contributed by atoms with Gasteiger partial charge in [-0.25, -0.2) is 4.99 Å². The van der Waals surface area contributed by atoms with Crippen LogP contribution in [0.25, 0.3) is 0 Å². The number of guanidine groups is 1. The first-order chi connectivity index (χ1) is 12.5. The summed E-state index contributed by atoms with van der Waals surface area (Å²) in [5, 5.41) is 8.94. The van der Waals surface area contributed by atoms with Gasteiger partial charge in [0.15, 0.2) is 11.7 Å². The maximum Gasteiger partial charge on any atom is 0.243 e. The van der Waals surface area contributed by atoms with Gasteiger partial charge < -0.3 is 25.0 Å². The van der Waals surface area contributed by atoms with E-state index in [4.69, 9.17) is 9.47 Å². The lowest BCUT2D eigenvalue weighted by atomic mass is 10.2. The van der Waals surface area contributed by atoms with Crippen molar-refractivity contribution in [2.45, 2.75) is 44.1 Å². The zero-order chi connectivity index (χ0) is 18.6. The molecule has 2 fully saturated rings. The Hall–Kier alpha value is -0.910. The van der Waals surface area contributed by atoms with Crippen molar-refractivity contribution >= 4 is 47.2 Å². The summed E-state index contributed by atoms with van der Waals surface area (Å²) in [5.74, 6) is 0.197. The maximum absolute atomic E-state index is 11.9. The maximum atomic E-state index is 11.9. The molecule has 1 amide bonds. The van der Waals surface area contributed by atoms with Crippen LogP contribution in [0.4, 0.5) is 0 Å². The molecule has 1 saturated heterocycles. The van der Waals surface area contributed by atoms with Crippen LogP contribution in [0.1, 0.15) is 37.1 Å². The summed E-state index contributed by atoms with van der Waals surface area (Å²) < 4.78 is 11.6. The number of ether oxygens (including phenoxy) is 2. The molecule has 7 nitrogen and oxygen atoms in total. The van der Waals surface area contributed by atoms with Gasteiger partial charge in [0.1, 0.15) is 6.54 Å². The zero-order valence-corrected chi connectivity index (χ0v) is 19.2. The Morgan fingerprint density at radius 3 is 2.81 bits per heavy atom. The predicted octanol–water partition coefficient (Wildman–Crippen LogP) is 2.35. The summed E-state index contributed by atoms with van der Waals surface area (Å²) in [6, 6.07) is 4.46. The van der Waals surface area contributed by atoms with Crippen LogP contribution in [0, 0.1) is 0 Å². The molecule has 0 aromatic carbocycles. The van der Waals surface area contributed by atoms with Gasteiger partial charge in [-0.2, -0.15) is 0 Å². The normalized spacial score (nSPS) is 22.3. The summed E-state index contributed by atoms with van der Waals surface area (Å²) in [6.07, 6.45) is 2.63. The number of aliphatic imine (C=N–C) groups is 1. The van der Waals surface area contributed by atoms with Crippen LogP contribution in [0.15, 0.2) is 22.5 Å². The molecule has 3 rings (SSSR count). The van der Waals surface area contributed by atoms with Crippen LogP contribution in [-0.4, -0.2) is 62.4 Å². The molecule has 27 heavy (non-hydrogen) atoms. The van der Waals surface area contributed by atoms with Gasteiger partial charge in [-0.15, -0.1) is 35.3 Å². The van der Waals surface area contributed by atoms with Gasteiger partial charge in [0.05, 0.1) is 19.3 Å². The van der Waals surface area contributed by atoms with Crippen molar-refractivity contribution in [1.82, 2.24) is 15.5 Å². The number of likely N-dealkylation sites (N-methyl/N-ethyl adjacent to an activating group) is 1. The molecule has 1 saturated carbocycles. The Labute approximate surface area is 181 Å². The Morgan fingerprint density at radius 1 is 1.44 bits per heavy atom. The molecule has 2 heterocycles. The fraction of sp³-hybridized carbons (Fsp3) is 0.667. The number of halogens is 1. The highest BCUT2D eigenvalue weighted by Gasteiger charge is 2.44. The molecular weight excluding hydrogens is 479 g/mol. The molecule has 9 heteroatoms. The Morgan fingerprint density at radius 2 is 2.19 bits per heavy atom. The van der Waals surface area contributed by atoms with Gasteiger partial charge >= 0.3 is 0 Å². The van der Waals surface area contributed by atoms with E-state index in [-0.39, 0.29) is 48.5 Å². The topological polar surface area (TPSA) is 75.2 Å². The van der Waals surface area contributed by atoms with Crippen molar-refractivity contribution in [2.24, 2.45) is 4.99 Å². The van der Waals surface area contributed by atoms with Gasteiger partial charge in [-0.05, 0) is 24.8 Å². The fourth-order valence-electron chi connectivity index (χ4n) is 3.28. The predicted molar refractivity (Wildman–Crippen MR) is 118 cm³/mol. The third-order valence-corrected chi connectivity index (χ3v) is 5.83. The van der Waals surface area contributed by atoms with E-state index in [9.17, 15) is 4.79 Å². The van der Waals surface area contributed by atoms with Gasteiger partial charge in [0.2, 0.25) is 5.91 Å². The molecule has 1 aromatic rings. The van der Waals surface area contributed by atoms with Crippen molar-refractivity contribution in [3.63, 3.8) is 0 Å². The highest BCUT2D eigenvalue weighted by atomic mass is 127. The standard InChI is InChI=1S/C18H28N4O3S.HI/c1-13(15-5-4-10-26-15)20-17(19-12-16(23)22(2)3)21-14-6-7-18(11-14)24-8-9-25-18;/h4-5,10,13-14H,6-9,11-12H2,1-3H3,(H2,19,20,21);1H. The minimum absolute atomic E-state index is 0. The molecule has 1 aliphatic heterocycles. The summed E-state index contributed by atoms with van der Waals surface area (Å²) in [6.45, 7) is 3.54. The minimum Gasteiger partial charge on any atom is -0.353 e. The van der Waals surface area contributed by atoms with Crippen molar-refractivity contribution in [1.29, 1.82) is 0 Å². The van der Waals surface area contributed by atoms with E-state index in [0.717, 1.165) is 19.3 Å². The molecular formula is C18H29IN4O3S. The smallest absolute Gasteiger partial charge is 0.243 e. The number of hydrogen-bond donors (Lipinski definition) is 2. The largest absolute Gasteiger partial charge is 0.353 e. The number of rotatable bonds is 5. The lowest BCUT2D eigenvalue weighted by molar-refractivity contribution is -0.151. The van der Waals surface area contributed by atoms with Gasteiger partial charge in [0.25, 0.3) is 0 Å². The molecule has 2 aliphatic rings. The molecule has 1 spiro atoms. The number of nitrogens with one attached hydrogen (secondary N) is 2. The van der Waals surface area contributed by atoms with Crippen LogP contribution in [0.5, 0.6) is 0 Å². The van der Waals surface area contributed by atoms with Crippen LogP contribution in [0.3, 0.4) is 0 Å². The minimum atomic E-state index is -0.429. The lowest BCUT2D eigenvalue weighted by Gasteiger charge is -2.24. The quantitative estimate of drug-likeness (QED) is 0.363. The second-order valence-corrected chi connectivity index (χ2v) is 8.01. The van der Waals surface area contributed by atoms with E-state index < -0.39 is 5.79 Å². The van der Waals surface area contributed by atoms with Crippen molar-refractivity contribution < 1.29 is 14.3 Å². The van der Waals surface area contributed by atoms with Crippen LogP contribution in [-0.2, 0) is 14.3 Å². The van der Waals surface area contributed by atoms with Crippen molar-refractivity contribution in [2.75, 3.05) is 33.9 Å². The van der Waals surface area contributed by atoms with E-state index in [0.29, 0.717) is 19.2 Å². The Bertz CT molecular complexity index is 633. The van der Waals surface area contributed by atoms with E-state index >= 15 is 0 Å². The highest BCUT2D eigenvalue weighted by molar-refractivity contribution is 14.0. The summed E-state index contributed by atoms with van der Waals surface area (Å²) >= 11 is 1.70. The zero-order valence-electron chi connectivity index (χ0n) is 16.1. The first-order valence-corrected chi connectivity index (χ1v) is 9.94. The Kier molecular flexibility index (Phi) is 8.32. The Balaban J connectivity index is 0.00000261. The number of thiophene rings is 1. The molecule has 1 aliphatic carbocycles. The van der Waals surface area contributed by atoms with E-state index in [2.05, 4.69) is 34.0 Å². The first kappa shape index (κ1) is 22.4. The highest BCUT2D eigenvalue weighted by Crippen LogP contribution is 2.37. The SMILES string of the molecule is CC(NC(=NCC(=O)N(C)C)NC1CCC2(C1)OCCO2)c1cccs1.I. The molecule has 0 radical (unpaired) electrons. The second-order valence-electron chi connectivity index (χ2n) is 7.03. The van der Waals surface area contributed by atoms with Crippen LogP contribution in [0.2, 0.25) is 0 Å². The molecule has 0 bridgehead atoms. The van der Waals surface area contributed by atoms with Crippen molar-refractivity contribution in [3.8, 4) is 0 Å². The first-order valence-electron chi connectivity index (χ1n) is 9.06. The second kappa shape index (κ2) is 10.0.